The summed E-state index contributed by atoms with van der Waals surface area (Å²) in [5, 5.41) is 10.7. The Morgan fingerprint density at radius 1 is 1.32 bits per heavy atom. The van der Waals surface area contributed by atoms with Crippen LogP contribution in [0.5, 0.6) is 0 Å². The lowest BCUT2D eigenvalue weighted by atomic mass is 10.2. The molecule has 0 aliphatic rings. The predicted molar refractivity (Wildman–Crippen MR) is 77.9 cm³/mol. The maximum absolute atomic E-state index is 11.8. The van der Waals surface area contributed by atoms with Crippen molar-refractivity contribution in [2.45, 2.75) is 19.8 Å². The van der Waals surface area contributed by atoms with Crippen LogP contribution in [0.3, 0.4) is 0 Å². The van der Waals surface area contributed by atoms with Crippen molar-refractivity contribution in [2.24, 2.45) is 0 Å². The molecule has 7 nitrogen and oxygen atoms in total. The predicted octanol–water partition coefficient (Wildman–Crippen LogP) is 2.60. The summed E-state index contributed by atoms with van der Waals surface area (Å²) < 4.78 is 10.7. The zero-order chi connectivity index (χ0) is 15.4. The fourth-order valence-electron chi connectivity index (χ4n) is 1.95. The molecule has 3 aromatic rings. The number of carbonyl (C=O) groups excluding carboxylic acids is 1. The molecule has 3 heterocycles. The molecule has 3 aromatic heterocycles. The normalized spacial score (nSPS) is 10.6. The molecule has 0 spiro atoms. The molecule has 0 bridgehead atoms. The molecule has 1 amide bonds. The first kappa shape index (κ1) is 14.0. The number of pyridine rings is 1. The molecule has 0 unspecified atom stereocenters. The minimum atomic E-state index is -0.132. The number of hydrogen-bond acceptors (Lipinski definition) is 6. The van der Waals surface area contributed by atoms with Crippen LogP contribution in [0.4, 0.5) is 5.69 Å². The Labute approximate surface area is 126 Å². The zero-order valence-corrected chi connectivity index (χ0v) is 11.9. The van der Waals surface area contributed by atoms with Gasteiger partial charge in [0.25, 0.3) is 5.89 Å². The zero-order valence-electron chi connectivity index (χ0n) is 11.9. The van der Waals surface area contributed by atoms with Crippen molar-refractivity contribution in [3.05, 3.63) is 48.5 Å². The van der Waals surface area contributed by atoms with E-state index in [0.29, 0.717) is 29.6 Å². The fraction of sp³-hybridized carbons (Fsp3) is 0.200. The van der Waals surface area contributed by atoms with E-state index in [1.807, 2.05) is 6.92 Å². The molecular formula is C15H14N4O3. The van der Waals surface area contributed by atoms with Gasteiger partial charge in [-0.2, -0.15) is 0 Å². The van der Waals surface area contributed by atoms with E-state index in [9.17, 15) is 4.79 Å². The first-order valence-corrected chi connectivity index (χ1v) is 6.79. The van der Waals surface area contributed by atoms with Crippen molar-refractivity contribution >= 4 is 11.6 Å². The van der Waals surface area contributed by atoms with E-state index >= 15 is 0 Å². The van der Waals surface area contributed by atoms with Gasteiger partial charge in [0.2, 0.25) is 11.8 Å². The smallest absolute Gasteiger partial charge is 0.251 e. The maximum atomic E-state index is 11.8. The first-order valence-electron chi connectivity index (χ1n) is 6.79. The van der Waals surface area contributed by atoms with Gasteiger partial charge in [-0.05, 0) is 25.1 Å². The van der Waals surface area contributed by atoms with Crippen molar-refractivity contribution in [1.82, 2.24) is 15.2 Å². The van der Waals surface area contributed by atoms with Crippen molar-refractivity contribution in [3.63, 3.8) is 0 Å². The van der Waals surface area contributed by atoms with Crippen LogP contribution in [-0.4, -0.2) is 21.1 Å². The summed E-state index contributed by atoms with van der Waals surface area (Å²) in [6.45, 7) is 1.82. The minimum Gasteiger partial charge on any atom is -0.469 e. The van der Waals surface area contributed by atoms with Gasteiger partial charge in [0.15, 0.2) is 0 Å². The molecule has 0 aromatic carbocycles. The molecular weight excluding hydrogens is 284 g/mol. The molecule has 7 heteroatoms. The SMILES string of the molecule is Cc1occc1-c1nnc(CCC(=O)Nc2cccnc2)o1. The number of rotatable bonds is 5. The topological polar surface area (TPSA) is 94.0 Å². The molecule has 1 N–H and O–H groups in total. The lowest BCUT2D eigenvalue weighted by Gasteiger charge is -2.02. The molecule has 0 atom stereocenters. The Hall–Kier alpha value is -2.96. The van der Waals surface area contributed by atoms with Crippen molar-refractivity contribution < 1.29 is 13.6 Å². The minimum absolute atomic E-state index is 0.132. The molecule has 0 saturated carbocycles. The lowest BCUT2D eigenvalue weighted by Crippen LogP contribution is -2.12. The van der Waals surface area contributed by atoms with Gasteiger partial charge >= 0.3 is 0 Å². The van der Waals surface area contributed by atoms with Gasteiger partial charge in [0.1, 0.15) is 5.76 Å². The van der Waals surface area contributed by atoms with E-state index in [1.54, 1.807) is 36.9 Å². The van der Waals surface area contributed by atoms with Gasteiger partial charge in [-0.15, -0.1) is 10.2 Å². The average molecular weight is 298 g/mol. The summed E-state index contributed by atoms with van der Waals surface area (Å²) in [5.74, 6) is 1.39. The van der Waals surface area contributed by atoms with Crippen LogP contribution in [0.25, 0.3) is 11.5 Å². The molecule has 3 rings (SSSR count). The molecule has 0 aliphatic heterocycles. The van der Waals surface area contributed by atoms with Gasteiger partial charge in [-0.1, -0.05) is 0 Å². The average Bonchev–Trinajstić information content (AvgIpc) is 3.14. The van der Waals surface area contributed by atoms with E-state index in [-0.39, 0.29) is 12.3 Å². The second-order valence-electron chi connectivity index (χ2n) is 4.68. The third-order valence-electron chi connectivity index (χ3n) is 3.07. The lowest BCUT2D eigenvalue weighted by molar-refractivity contribution is -0.116. The summed E-state index contributed by atoms with van der Waals surface area (Å²) >= 11 is 0. The number of anilines is 1. The van der Waals surface area contributed by atoms with Crippen LogP contribution in [0.2, 0.25) is 0 Å². The number of nitrogens with one attached hydrogen (secondary N) is 1. The van der Waals surface area contributed by atoms with E-state index in [2.05, 4.69) is 20.5 Å². The van der Waals surface area contributed by atoms with Crippen molar-refractivity contribution in [2.75, 3.05) is 5.32 Å². The Balaban J connectivity index is 1.57. The van der Waals surface area contributed by atoms with Crippen LogP contribution >= 0.6 is 0 Å². The summed E-state index contributed by atoms with van der Waals surface area (Å²) in [4.78, 5) is 15.8. The van der Waals surface area contributed by atoms with E-state index < -0.39 is 0 Å². The number of furan rings is 1. The van der Waals surface area contributed by atoms with E-state index in [4.69, 9.17) is 8.83 Å². The highest BCUT2D eigenvalue weighted by Gasteiger charge is 2.13. The molecule has 0 aliphatic carbocycles. The number of aryl methyl sites for hydroxylation is 2. The van der Waals surface area contributed by atoms with Crippen molar-refractivity contribution in [3.8, 4) is 11.5 Å². The van der Waals surface area contributed by atoms with E-state index in [0.717, 1.165) is 5.56 Å². The Bertz CT molecular complexity index is 764. The molecule has 0 radical (unpaired) electrons. The maximum Gasteiger partial charge on any atom is 0.251 e. The van der Waals surface area contributed by atoms with Crippen LogP contribution in [0, 0.1) is 6.92 Å². The fourth-order valence-corrected chi connectivity index (χ4v) is 1.95. The largest absolute Gasteiger partial charge is 0.469 e. The third kappa shape index (κ3) is 3.20. The molecule has 0 fully saturated rings. The molecule has 0 saturated heterocycles. The highest BCUT2D eigenvalue weighted by Crippen LogP contribution is 2.23. The summed E-state index contributed by atoms with van der Waals surface area (Å²) in [6, 6.07) is 5.30. The standard InChI is InChI=1S/C15H14N4O3/c1-10-12(6-8-21-10)15-19-18-14(22-15)5-4-13(20)17-11-3-2-7-16-9-11/h2-3,6-9H,4-5H2,1H3,(H,17,20). The first-order chi connectivity index (χ1) is 10.7. The van der Waals surface area contributed by atoms with Crippen LogP contribution in [-0.2, 0) is 11.2 Å². The summed E-state index contributed by atoms with van der Waals surface area (Å²) in [5.41, 5.74) is 1.42. The molecule has 22 heavy (non-hydrogen) atoms. The van der Waals surface area contributed by atoms with Crippen LogP contribution in [0.1, 0.15) is 18.1 Å². The van der Waals surface area contributed by atoms with Gasteiger partial charge in [0.05, 0.1) is 23.7 Å². The Morgan fingerprint density at radius 3 is 2.95 bits per heavy atom. The summed E-state index contributed by atoms with van der Waals surface area (Å²) in [6.07, 6.45) is 5.42. The van der Waals surface area contributed by atoms with Gasteiger partial charge in [-0.3, -0.25) is 9.78 Å². The number of carbonyl (C=O) groups is 1. The number of hydrogen-bond donors (Lipinski definition) is 1. The highest BCUT2D eigenvalue weighted by molar-refractivity contribution is 5.90. The monoisotopic (exact) mass is 298 g/mol. The third-order valence-corrected chi connectivity index (χ3v) is 3.07. The van der Waals surface area contributed by atoms with Gasteiger partial charge in [-0.25, -0.2) is 0 Å². The quantitative estimate of drug-likeness (QED) is 0.778. The highest BCUT2D eigenvalue weighted by atomic mass is 16.4. The Kier molecular flexibility index (Phi) is 3.95. The second kappa shape index (κ2) is 6.21. The Morgan fingerprint density at radius 2 is 2.23 bits per heavy atom. The van der Waals surface area contributed by atoms with Gasteiger partial charge in [0, 0.05) is 19.0 Å². The second-order valence-corrected chi connectivity index (χ2v) is 4.68. The number of amides is 1. The van der Waals surface area contributed by atoms with Gasteiger partial charge < -0.3 is 14.2 Å². The number of aromatic nitrogens is 3. The molecule has 112 valence electrons. The number of nitrogens with zero attached hydrogens (tertiary/aromatic N) is 3. The van der Waals surface area contributed by atoms with Crippen molar-refractivity contribution in [1.29, 1.82) is 0 Å². The van der Waals surface area contributed by atoms with Crippen LogP contribution in [0.15, 0.2) is 45.7 Å². The van der Waals surface area contributed by atoms with Crippen LogP contribution < -0.4 is 5.32 Å². The summed E-state index contributed by atoms with van der Waals surface area (Å²) in [7, 11) is 0. The van der Waals surface area contributed by atoms with E-state index in [1.165, 1.54) is 0 Å².